The number of imidazole rings is 1. The maximum atomic E-state index is 12.7. The Morgan fingerprint density at radius 2 is 1.89 bits per heavy atom. The van der Waals surface area contributed by atoms with Crippen molar-refractivity contribution in [3.8, 4) is 0 Å². The Morgan fingerprint density at radius 3 is 2.46 bits per heavy atom. The third kappa shape index (κ3) is 5.69. The van der Waals surface area contributed by atoms with E-state index in [1.165, 1.54) is 18.2 Å². The lowest BCUT2D eigenvalue weighted by molar-refractivity contribution is -0.146. The number of esters is 1. The molecule has 0 spiro atoms. The molecule has 1 heterocycles. The smallest absolute Gasteiger partial charge is 0.449 e. The highest BCUT2D eigenvalue weighted by molar-refractivity contribution is 5.94. The number of aromatic amines is 1. The van der Waals surface area contributed by atoms with Crippen LogP contribution in [0.2, 0.25) is 0 Å². The van der Waals surface area contributed by atoms with Crippen LogP contribution in [0.1, 0.15) is 33.5 Å². The van der Waals surface area contributed by atoms with Gasteiger partial charge in [-0.05, 0) is 45.9 Å². The summed E-state index contributed by atoms with van der Waals surface area (Å²) in [5.74, 6) is -1.95. The number of ether oxygens (including phenoxy) is 1. The van der Waals surface area contributed by atoms with E-state index in [1.54, 1.807) is 11.8 Å². The molecule has 10 heteroatoms. The van der Waals surface area contributed by atoms with Crippen LogP contribution in [-0.4, -0.2) is 52.0 Å². The summed E-state index contributed by atoms with van der Waals surface area (Å²) in [6, 6.07) is 4.23. The van der Waals surface area contributed by atoms with Gasteiger partial charge in [0.05, 0.1) is 30.7 Å². The van der Waals surface area contributed by atoms with Crippen molar-refractivity contribution >= 4 is 28.6 Å². The molecular weight excluding hydrogens is 377 g/mol. The van der Waals surface area contributed by atoms with E-state index < -0.39 is 29.4 Å². The molecule has 0 saturated heterocycles. The highest BCUT2D eigenvalue weighted by atomic mass is 19.4. The van der Waals surface area contributed by atoms with E-state index in [9.17, 15) is 22.8 Å². The van der Waals surface area contributed by atoms with Gasteiger partial charge in [-0.25, -0.2) is 4.98 Å². The maximum absolute atomic E-state index is 12.7. The van der Waals surface area contributed by atoms with Gasteiger partial charge in [0.1, 0.15) is 0 Å². The van der Waals surface area contributed by atoms with Crippen molar-refractivity contribution < 1.29 is 27.5 Å². The fraction of sp³-hybridized carbons (Fsp3) is 0.500. The van der Waals surface area contributed by atoms with Gasteiger partial charge in [0, 0.05) is 11.2 Å². The highest BCUT2D eigenvalue weighted by Crippen LogP contribution is 2.29. The summed E-state index contributed by atoms with van der Waals surface area (Å²) in [6.45, 7) is 7.36. The number of hydrogen-bond donors (Lipinski definition) is 2. The van der Waals surface area contributed by atoms with Crippen molar-refractivity contribution in [2.45, 2.75) is 39.4 Å². The number of nitrogens with zero attached hydrogens (tertiary/aromatic N) is 2. The number of nitrogens with one attached hydrogen (secondary N) is 2. The molecule has 2 rings (SSSR count). The van der Waals surface area contributed by atoms with Crippen molar-refractivity contribution in [3.05, 3.63) is 24.0 Å². The van der Waals surface area contributed by atoms with Crippen LogP contribution >= 0.6 is 0 Å². The molecule has 0 aliphatic heterocycles. The predicted molar refractivity (Wildman–Crippen MR) is 97.7 cm³/mol. The van der Waals surface area contributed by atoms with Gasteiger partial charge in [-0.1, -0.05) is 0 Å². The Morgan fingerprint density at radius 1 is 1.21 bits per heavy atom. The second kappa shape index (κ2) is 8.17. The van der Waals surface area contributed by atoms with Crippen LogP contribution in [0.4, 0.5) is 18.9 Å². The molecule has 0 aliphatic rings. The molecule has 0 unspecified atom stereocenters. The Labute approximate surface area is 160 Å². The van der Waals surface area contributed by atoms with E-state index in [0.29, 0.717) is 5.69 Å². The van der Waals surface area contributed by atoms with Crippen molar-refractivity contribution in [2.24, 2.45) is 0 Å². The average Bonchev–Trinajstić information content (AvgIpc) is 2.97. The normalized spacial score (nSPS) is 12.4. The van der Waals surface area contributed by atoms with Crippen LogP contribution in [0.5, 0.6) is 0 Å². The number of aromatic nitrogens is 2. The molecule has 7 nitrogen and oxygen atoms in total. The molecule has 0 fully saturated rings. The van der Waals surface area contributed by atoms with Crippen molar-refractivity contribution in [1.82, 2.24) is 14.9 Å². The second-order valence-electron chi connectivity index (χ2n) is 7.20. The van der Waals surface area contributed by atoms with E-state index in [2.05, 4.69) is 15.3 Å². The van der Waals surface area contributed by atoms with Gasteiger partial charge in [-0.15, -0.1) is 0 Å². The molecule has 1 amide bonds. The van der Waals surface area contributed by atoms with Gasteiger partial charge in [-0.3, -0.25) is 14.5 Å². The van der Waals surface area contributed by atoms with E-state index >= 15 is 0 Å². The summed E-state index contributed by atoms with van der Waals surface area (Å²) in [7, 11) is 0. The summed E-state index contributed by atoms with van der Waals surface area (Å²) in [6.07, 6.45) is -4.58. The Kier molecular flexibility index (Phi) is 6.33. The monoisotopic (exact) mass is 400 g/mol. The molecule has 0 aliphatic carbocycles. The minimum absolute atomic E-state index is 0.0563. The summed E-state index contributed by atoms with van der Waals surface area (Å²) < 4.78 is 43.2. The van der Waals surface area contributed by atoms with E-state index in [0.717, 1.165) is 0 Å². The minimum Gasteiger partial charge on any atom is -0.465 e. The molecule has 0 radical (unpaired) electrons. The van der Waals surface area contributed by atoms with E-state index in [4.69, 9.17) is 4.74 Å². The van der Waals surface area contributed by atoms with E-state index in [-0.39, 0.29) is 30.7 Å². The standard InChI is InChI=1S/C18H23F3N4O3/c1-5-28-15(27)10-25(17(2,3)4)9-14(26)22-11-6-7-12-13(8-11)24-16(23-12)18(19,20)21/h6-8H,5,9-10H2,1-4H3,(H,22,26)(H,23,24). The van der Waals surface area contributed by atoms with Crippen molar-refractivity contribution in [3.63, 3.8) is 0 Å². The largest absolute Gasteiger partial charge is 0.465 e. The zero-order valence-electron chi connectivity index (χ0n) is 16.1. The lowest BCUT2D eigenvalue weighted by Gasteiger charge is -2.34. The number of halogens is 3. The van der Waals surface area contributed by atoms with Gasteiger partial charge >= 0.3 is 12.1 Å². The topological polar surface area (TPSA) is 87.3 Å². The van der Waals surface area contributed by atoms with Crippen LogP contribution in [-0.2, 0) is 20.5 Å². The summed E-state index contributed by atoms with van der Waals surface area (Å²) in [4.78, 5) is 31.5. The minimum atomic E-state index is -4.58. The van der Waals surface area contributed by atoms with Crippen LogP contribution in [0.15, 0.2) is 18.2 Å². The predicted octanol–water partition coefficient (Wildman–Crippen LogP) is 3.18. The number of anilines is 1. The third-order valence-electron chi connectivity index (χ3n) is 3.94. The number of carbonyl (C=O) groups is 2. The number of hydrogen-bond acceptors (Lipinski definition) is 5. The number of H-pyrrole nitrogens is 1. The summed E-state index contributed by atoms with van der Waals surface area (Å²) >= 11 is 0. The van der Waals surface area contributed by atoms with Crippen molar-refractivity contribution in [2.75, 3.05) is 25.0 Å². The summed E-state index contributed by atoms with van der Waals surface area (Å²) in [5.41, 5.74) is 0.145. The molecule has 1 aromatic heterocycles. The molecule has 154 valence electrons. The molecule has 0 bridgehead atoms. The highest BCUT2D eigenvalue weighted by Gasteiger charge is 2.34. The first kappa shape index (κ1) is 21.7. The van der Waals surface area contributed by atoms with Gasteiger partial charge in [0.25, 0.3) is 0 Å². The molecule has 28 heavy (non-hydrogen) atoms. The van der Waals surface area contributed by atoms with E-state index in [1.807, 2.05) is 20.8 Å². The van der Waals surface area contributed by atoms with Crippen LogP contribution in [0.3, 0.4) is 0 Å². The number of fused-ring (bicyclic) bond motifs is 1. The zero-order chi connectivity index (χ0) is 21.1. The maximum Gasteiger partial charge on any atom is 0.449 e. The van der Waals surface area contributed by atoms with Crippen LogP contribution < -0.4 is 5.32 Å². The number of carbonyl (C=O) groups excluding carboxylic acids is 2. The number of rotatable bonds is 6. The lowest BCUT2D eigenvalue weighted by atomic mass is 10.1. The quantitative estimate of drug-likeness (QED) is 0.728. The second-order valence-corrected chi connectivity index (χ2v) is 7.20. The Bertz CT molecular complexity index is 856. The Hall–Kier alpha value is -2.62. The van der Waals surface area contributed by atoms with Gasteiger partial charge in [-0.2, -0.15) is 13.2 Å². The lowest BCUT2D eigenvalue weighted by Crippen LogP contribution is -2.48. The number of amides is 1. The number of benzene rings is 1. The SMILES string of the molecule is CCOC(=O)CN(CC(=O)Nc1ccc2nc(C(F)(F)F)[nH]c2c1)C(C)(C)C. The van der Waals surface area contributed by atoms with Crippen LogP contribution in [0.25, 0.3) is 11.0 Å². The number of alkyl halides is 3. The average molecular weight is 400 g/mol. The molecule has 2 N–H and O–H groups in total. The fourth-order valence-electron chi connectivity index (χ4n) is 2.49. The van der Waals surface area contributed by atoms with Gasteiger partial charge in [0.2, 0.25) is 11.7 Å². The summed E-state index contributed by atoms with van der Waals surface area (Å²) in [5, 5.41) is 2.63. The Balaban J connectivity index is 2.10. The zero-order valence-corrected chi connectivity index (χ0v) is 16.1. The first-order chi connectivity index (χ1) is 12.9. The third-order valence-corrected chi connectivity index (χ3v) is 3.94. The first-order valence-corrected chi connectivity index (χ1v) is 8.67. The molecule has 0 saturated carbocycles. The molecule has 2 aromatic rings. The first-order valence-electron chi connectivity index (χ1n) is 8.67. The molecule has 0 atom stereocenters. The van der Waals surface area contributed by atoms with Crippen molar-refractivity contribution in [1.29, 1.82) is 0 Å². The van der Waals surface area contributed by atoms with Crippen LogP contribution in [0, 0.1) is 0 Å². The van der Waals surface area contributed by atoms with Gasteiger partial charge < -0.3 is 15.0 Å². The molecular formula is C18H23F3N4O3. The fourth-order valence-corrected chi connectivity index (χ4v) is 2.49. The molecule has 1 aromatic carbocycles. The van der Waals surface area contributed by atoms with Gasteiger partial charge in [0.15, 0.2) is 0 Å².